The van der Waals surface area contributed by atoms with Gasteiger partial charge in [0.15, 0.2) is 11.6 Å². The maximum atomic E-state index is 13.5. The zero-order valence-electron chi connectivity index (χ0n) is 16.8. The van der Waals surface area contributed by atoms with E-state index in [0.717, 1.165) is 18.9 Å². The van der Waals surface area contributed by atoms with Gasteiger partial charge in [-0.25, -0.2) is 0 Å². The van der Waals surface area contributed by atoms with Gasteiger partial charge in [-0.1, -0.05) is 12.1 Å². The molecule has 160 valence electrons. The van der Waals surface area contributed by atoms with Crippen molar-refractivity contribution in [3.63, 3.8) is 0 Å². The Labute approximate surface area is 176 Å². The SMILES string of the molecule is Cc1c(C(=O)N2[C@@H]3CCC[C@H]2c2nnc(-c4ccccn4)n2C3)cccc1C(F)(F)F. The molecule has 0 saturated carbocycles. The Kier molecular flexibility index (Phi) is 4.56. The Morgan fingerprint density at radius 3 is 2.68 bits per heavy atom. The molecule has 1 amide bonds. The number of rotatable bonds is 2. The van der Waals surface area contributed by atoms with Crippen LogP contribution < -0.4 is 0 Å². The molecule has 2 bridgehead atoms. The number of hydrogen-bond acceptors (Lipinski definition) is 4. The molecule has 0 N–H and O–H groups in total. The summed E-state index contributed by atoms with van der Waals surface area (Å²) in [7, 11) is 0. The molecular formula is C22H20F3N5O. The van der Waals surface area contributed by atoms with Crippen molar-refractivity contribution in [2.24, 2.45) is 0 Å². The van der Waals surface area contributed by atoms with Gasteiger partial charge in [-0.15, -0.1) is 10.2 Å². The molecule has 0 radical (unpaired) electrons. The third-order valence-corrected chi connectivity index (χ3v) is 6.21. The van der Waals surface area contributed by atoms with Crippen LogP contribution in [0.4, 0.5) is 13.2 Å². The minimum Gasteiger partial charge on any atom is -0.324 e. The van der Waals surface area contributed by atoms with E-state index in [9.17, 15) is 18.0 Å². The quantitative estimate of drug-likeness (QED) is 0.608. The summed E-state index contributed by atoms with van der Waals surface area (Å²) in [5.74, 6) is 0.927. The van der Waals surface area contributed by atoms with Crippen LogP contribution >= 0.6 is 0 Å². The molecule has 0 aliphatic carbocycles. The summed E-state index contributed by atoms with van der Waals surface area (Å²) >= 11 is 0. The molecule has 1 fully saturated rings. The molecule has 9 heteroatoms. The predicted octanol–water partition coefficient (Wildman–Crippen LogP) is 4.42. The number of halogens is 3. The lowest BCUT2D eigenvalue weighted by Gasteiger charge is -2.46. The average molecular weight is 427 g/mol. The van der Waals surface area contributed by atoms with Gasteiger partial charge in [-0.2, -0.15) is 13.2 Å². The number of piperidine rings is 1. The number of amides is 1. The highest BCUT2D eigenvalue weighted by Gasteiger charge is 2.44. The Bertz CT molecular complexity index is 1140. The average Bonchev–Trinajstić information content (AvgIpc) is 3.16. The molecule has 0 unspecified atom stereocenters. The van der Waals surface area contributed by atoms with Gasteiger partial charge in [-0.3, -0.25) is 9.78 Å². The van der Waals surface area contributed by atoms with E-state index >= 15 is 0 Å². The van der Waals surface area contributed by atoms with Gasteiger partial charge in [0, 0.05) is 18.3 Å². The van der Waals surface area contributed by atoms with Crippen LogP contribution in [0.5, 0.6) is 0 Å². The first-order valence-corrected chi connectivity index (χ1v) is 10.2. The van der Waals surface area contributed by atoms with Gasteiger partial charge in [0.2, 0.25) is 0 Å². The highest BCUT2D eigenvalue weighted by Crippen LogP contribution is 2.41. The fourth-order valence-electron chi connectivity index (χ4n) is 4.77. The molecule has 2 aliphatic heterocycles. The van der Waals surface area contributed by atoms with Gasteiger partial charge in [-0.05, 0) is 56.0 Å². The highest BCUT2D eigenvalue weighted by atomic mass is 19.4. The van der Waals surface area contributed by atoms with Crippen LogP contribution in [0.25, 0.3) is 11.5 Å². The fraction of sp³-hybridized carbons (Fsp3) is 0.364. The van der Waals surface area contributed by atoms with Gasteiger partial charge in [0.1, 0.15) is 5.69 Å². The highest BCUT2D eigenvalue weighted by molar-refractivity contribution is 5.96. The van der Waals surface area contributed by atoms with Crippen LogP contribution in [0.15, 0.2) is 42.6 Å². The van der Waals surface area contributed by atoms with E-state index in [1.54, 1.807) is 11.1 Å². The Balaban J connectivity index is 1.55. The number of fused-ring (bicyclic) bond motifs is 4. The number of carbonyl (C=O) groups is 1. The summed E-state index contributed by atoms with van der Waals surface area (Å²) in [6.45, 7) is 1.85. The molecule has 6 nitrogen and oxygen atoms in total. The van der Waals surface area contributed by atoms with E-state index < -0.39 is 11.7 Å². The van der Waals surface area contributed by atoms with E-state index in [-0.39, 0.29) is 29.1 Å². The first-order valence-electron chi connectivity index (χ1n) is 10.2. The molecule has 1 saturated heterocycles. The monoisotopic (exact) mass is 427 g/mol. The standard InChI is InChI=1S/C22H20F3N5O/c1-13-15(7-5-8-16(13)22(23,24)25)21(31)30-14-6-4-10-18(30)20-28-27-19(29(20)12-14)17-9-2-3-11-26-17/h2-3,5,7-9,11,14,18H,4,6,10,12H2,1H3/t14-,18+/m1/s1. The molecule has 1 aromatic carbocycles. The number of nitrogens with zero attached hydrogens (tertiary/aromatic N) is 5. The van der Waals surface area contributed by atoms with Crippen LogP contribution in [0, 0.1) is 6.92 Å². The smallest absolute Gasteiger partial charge is 0.324 e. The van der Waals surface area contributed by atoms with Crippen molar-refractivity contribution in [2.45, 2.75) is 51.0 Å². The van der Waals surface area contributed by atoms with Crippen molar-refractivity contribution in [2.75, 3.05) is 0 Å². The minimum absolute atomic E-state index is 0.0423. The Morgan fingerprint density at radius 2 is 1.94 bits per heavy atom. The summed E-state index contributed by atoms with van der Waals surface area (Å²) in [6, 6.07) is 8.88. The van der Waals surface area contributed by atoms with Crippen LogP contribution in [-0.4, -0.2) is 36.6 Å². The lowest BCUT2D eigenvalue weighted by Crippen LogP contribution is -2.52. The van der Waals surface area contributed by atoms with Crippen LogP contribution in [-0.2, 0) is 12.7 Å². The maximum absolute atomic E-state index is 13.5. The van der Waals surface area contributed by atoms with Crippen molar-refractivity contribution in [3.8, 4) is 11.5 Å². The van der Waals surface area contributed by atoms with Gasteiger partial charge in [0.25, 0.3) is 5.91 Å². The molecule has 3 aromatic rings. The number of benzene rings is 1. The molecule has 2 aromatic heterocycles. The van der Waals surface area contributed by atoms with E-state index in [2.05, 4.69) is 15.2 Å². The zero-order valence-corrected chi connectivity index (χ0v) is 16.8. The van der Waals surface area contributed by atoms with Crippen molar-refractivity contribution >= 4 is 5.91 Å². The van der Waals surface area contributed by atoms with Crippen LogP contribution in [0.1, 0.15) is 52.6 Å². The van der Waals surface area contributed by atoms with Crippen molar-refractivity contribution in [3.05, 3.63) is 65.1 Å². The number of aromatic nitrogens is 4. The molecule has 5 rings (SSSR count). The third-order valence-electron chi connectivity index (χ3n) is 6.21. The molecule has 31 heavy (non-hydrogen) atoms. The first-order chi connectivity index (χ1) is 14.9. The molecule has 4 heterocycles. The Hall–Kier alpha value is -3.23. The fourth-order valence-corrected chi connectivity index (χ4v) is 4.77. The predicted molar refractivity (Wildman–Crippen MR) is 106 cm³/mol. The second kappa shape index (κ2) is 7.18. The van der Waals surface area contributed by atoms with Gasteiger partial charge in [0.05, 0.1) is 17.6 Å². The Morgan fingerprint density at radius 1 is 1.10 bits per heavy atom. The molecule has 0 spiro atoms. The van der Waals surface area contributed by atoms with Gasteiger partial charge < -0.3 is 9.47 Å². The van der Waals surface area contributed by atoms with Crippen LogP contribution in [0.2, 0.25) is 0 Å². The topological polar surface area (TPSA) is 63.9 Å². The number of alkyl halides is 3. The van der Waals surface area contributed by atoms with Gasteiger partial charge >= 0.3 is 6.18 Å². The van der Waals surface area contributed by atoms with Crippen molar-refractivity contribution in [1.82, 2.24) is 24.6 Å². The largest absolute Gasteiger partial charge is 0.416 e. The second-order valence-corrected chi connectivity index (χ2v) is 8.00. The molecule has 2 aliphatic rings. The first kappa shape index (κ1) is 19.7. The lowest BCUT2D eigenvalue weighted by atomic mass is 9.90. The number of hydrogen-bond donors (Lipinski definition) is 0. The summed E-state index contributed by atoms with van der Waals surface area (Å²) < 4.78 is 42.1. The summed E-state index contributed by atoms with van der Waals surface area (Å²) in [5, 5.41) is 8.68. The maximum Gasteiger partial charge on any atom is 0.416 e. The van der Waals surface area contributed by atoms with E-state index in [1.165, 1.54) is 19.1 Å². The van der Waals surface area contributed by atoms with E-state index in [4.69, 9.17) is 0 Å². The third kappa shape index (κ3) is 3.19. The normalized spacial score (nSPS) is 20.5. The van der Waals surface area contributed by atoms with Crippen LogP contribution in [0.3, 0.4) is 0 Å². The zero-order chi connectivity index (χ0) is 21.8. The molecule has 2 atom stereocenters. The minimum atomic E-state index is -4.50. The lowest BCUT2D eigenvalue weighted by molar-refractivity contribution is -0.138. The van der Waals surface area contributed by atoms with E-state index in [1.807, 2.05) is 22.8 Å². The molecular weight excluding hydrogens is 407 g/mol. The van der Waals surface area contributed by atoms with E-state index in [0.29, 0.717) is 30.3 Å². The van der Waals surface area contributed by atoms with Crippen molar-refractivity contribution < 1.29 is 18.0 Å². The summed E-state index contributed by atoms with van der Waals surface area (Å²) in [5.41, 5.74) is -0.0297. The summed E-state index contributed by atoms with van der Waals surface area (Å²) in [4.78, 5) is 19.6. The summed E-state index contributed by atoms with van der Waals surface area (Å²) in [6.07, 6.45) is -0.421. The number of carbonyl (C=O) groups excluding carboxylic acids is 1. The van der Waals surface area contributed by atoms with Crippen molar-refractivity contribution in [1.29, 1.82) is 0 Å². The second-order valence-electron chi connectivity index (χ2n) is 8.00. The number of pyridine rings is 1.